The van der Waals surface area contributed by atoms with E-state index in [9.17, 15) is 8.42 Å². The van der Waals surface area contributed by atoms with E-state index < -0.39 is 10.0 Å². The van der Waals surface area contributed by atoms with E-state index in [1.807, 2.05) is 6.92 Å². The number of sulfonamides is 1. The van der Waals surface area contributed by atoms with Gasteiger partial charge in [-0.3, -0.25) is 0 Å². The van der Waals surface area contributed by atoms with E-state index in [-0.39, 0.29) is 11.8 Å². The molecule has 5 heteroatoms. The summed E-state index contributed by atoms with van der Waals surface area (Å²) in [6.45, 7) is 3.91. The molecule has 0 rings (SSSR count). The molecule has 11 heavy (non-hydrogen) atoms. The first-order valence-corrected chi connectivity index (χ1v) is 5.37. The zero-order valence-electron chi connectivity index (χ0n) is 7.00. The van der Waals surface area contributed by atoms with Gasteiger partial charge in [0, 0.05) is 12.6 Å². The minimum Gasteiger partial charge on any atom is -0.329 e. The maximum absolute atomic E-state index is 11.0. The number of hydrogen-bond acceptors (Lipinski definition) is 3. The molecule has 0 fully saturated rings. The van der Waals surface area contributed by atoms with E-state index in [4.69, 9.17) is 5.73 Å². The fraction of sp³-hybridized carbons (Fsp3) is 1.00. The third-order valence-corrected chi connectivity index (χ3v) is 2.91. The molecule has 3 N–H and O–H groups in total. The smallest absolute Gasteiger partial charge is 0.211 e. The molecule has 0 aromatic rings. The van der Waals surface area contributed by atoms with Gasteiger partial charge in [0.15, 0.2) is 0 Å². The van der Waals surface area contributed by atoms with Crippen molar-refractivity contribution >= 4 is 10.0 Å². The molecule has 1 atom stereocenters. The van der Waals surface area contributed by atoms with Crippen LogP contribution >= 0.6 is 0 Å². The summed E-state index contributed by atoms with van der Waals surface area (Å²) in [4.78, 5) is 0. The summed E-state index contributed by atoms with van der Waals surface area (Å²) in [5.41, 5.74) is 5.25. The summed E-state index contributed by atoms with van der Waals surface area (Å²) in [5, 5.41) is 0. The van der Waals surface area contributed by atoms with E-state index in [0.29, 0.717) is 13.0 Å². The first-order chi connectivity index (χ1) is 5.02. The Hall–Kier alpha value is -0.130. The molecule has 0 bridgehead atoms. The van der Waals surface area contributed by atoms with Crippen LogP contribution in [0.4, 0.5) is 0 Å². The molecular weight excluding hydrogens is 164 g/mol. The molecule has 0 spiro atoms. The summed E-state index contributed by atoms with van der Waals surface area (Å²) >= 11 is 0. The lowest BCUT2D eigenvalue weighted by atomic mass is 10.4. The van der Waals surface area contributed by atoms with E-state index in [2.05, 4.69) is 4.72 Å². The predicted molar refractivity (Wildman–Crippen MR) is 45.7 cm³/mol. The third-order valence-electron chi connectivity index (χ3n) is 1.21. The lowest BCUT2D eigenvalue weighted by Crippen LogP contribution is -2.38. The van der Waals surface area contributed by atoms with Crippen LogP contribution in [0.5, 0.6) is 0 Å². The first-order valence-electron chi connectivity index (χ1n) is 3.72. The zero-order valence-corrected chi connectivity index (χ0v) is 7.82. The van der Waals surface area contributed by atoms with Crippen LogP contribution in [0.3, 0.4) is 0 Å². The molecule has 0 saturated heterocycles. The molecule has 0 aliphatic carbocycles. The quantitative estimate of drug-likeness (QED) is 0.608. The first kappa shape index (κ1) is 10.9. The van der Waals surface area contributed by atoms with Crippen molar-refractivity contribution in [3.63, 3.8) is 0 Å². The highest BCUT2D eigenvalue weighted by atomic mass is 32.2. The normalized spacial score (nSPS) is 14.8. The molecule has 0 heterocycles. The SMILES string of the molecule is CCCS(=O)(=O)N[C@H](C)CN. The molecule has 4 nitrogen and oxygen atoms in total. The maximum atomic E-state index is 11.0. The van der Waals surface area contributed by atoms with Gasteiger partial charge < -0.3 is 5.73 Å². The Labute approximate surface area is 68.2 Å². The van der Waals surface area contributed by atoms with Gasteiger partial charge in [-0.1, -0.05) is 6.92 Å². The Morgan fingerprint density at radius 1 is 1.55 bits per heavy atom. The second-order valence-electron chi connectivity index (χ2n) is 2.57. The predicted octanol–water partition coefficient (Wildman–Crippen LogP) is -0.337. The zero-order chi connectivity index (χ0) is 8.91. The summed E-state index contributed by atoms with van der Waals surface area (Å²) in [6, 6.07) is -0.161. The monoisotopic (exact) mass is 180 g/mol. The van der Waals surface area contributed by atoms with Crippen molar-refractivity contribution in [1.29, 1.82) is 0 Å². The van der Waals surface area contributed by atoms with Gasteiger partial charge in [0.05, 0.1) is 5.75 Å². The van der Waals surface area contributed by atoms with Crippen molar-refractivity contribution in [2.45, 2.75) is 26.3 Å². The molecule has 0 aliphatic heterocycles. The summed E-state index contributed by atoms with van der Waals surface area (Å²) in [5.74, 6) is 0.178. The van der Waals surface area contributed by atoms with Crippen molar-refractivity contribution < 1.29 is 8.42 Å². The number of rotatable bonds is 5. The van der Waals surface area contributed by atoms with Crippen LogP contribution in [-0.4, -0.2) is 26.8 Å². The fourth-order valence-corrected chi connectivity index (χ4v) is 2.05. The average Bonchev–Trinajstić information content (AvgIpc) is 1.86. The van der Waals surface area contributed by atoms with Gasteiger partial charge in [-0.05, 0) is 13.3 Å². The van der Waals surface area contributed by atoms with Gasteiger partial charge in [0.25, 0.3) is 0 Å². The third kappa shape index (κ3) is 5.17. The Morgan fingerprint density at radius 3 is 2.45 bits per heavy atom. The van der Waals surface area contributed by atoms with Gasteiger partial charge >= 0.3 is 0 Å². The molecule has 0 radical (unpaired) electrons. The van der Waals surface area contributed by atoms with Gasteiger partial charge in [0.1, 0.15) is 0 Å². The number of nitrogens with two attached hydrogens (primary N) is 1. The Balaban J connectivity index is 3.92. The second-order valence-corrected chi connectivity index (χ2v) is 4.45. The number of nitrogens with one attached hydrogen (secondary N) is 1. The fourth-order valence-electron chi connectivity index (χ4n) is 0.682. The molecule has 0 aromatic heterocycles. The highest BCUT2D eigenvalue weighted by Crippen LogP contribution is 1.90. The maximum Gasteiger partial charge on any atom is 0.211 e. The van der Waals surface area contributed by atoms with Crippen LogP contribution in [0.25, 0.3) is 0 Å². The van der Waals surface area contributed by atoms with Crippen LogP contribution in [0.15, 0.2) is 0 Å². The minimum absolute atomic E-state index is 0.161. The summed E-state index contributed by atoms with van der Waals surface area (Å²) < 4.78 is 24.5. The summed E-state index contributed by atoms with van der Waals surface area (Å²) in [6.07, 6.45) is 0.632. The highest BCUT2D eigenvalue weighted by molar-refractivity contribution is 7.89. The van der Waals surface area contributed by atoms with Gasteiger partial charge in [-0.15, -0.1) is 0 Å². The Kier molecular flexibility index (Phi) is 4.63. The average molecular weight is 180 g/mol. The Bertz CT molecular complexity index is 189. The van der Waals surface area contributed by atoms with Crippen molar-refractivity contribution in [3.8, 4) is 0 Å². The van der Waals surface area contributed by atoms with Crippen molar-refractivity contribution in [1.82, 2.24) is 4.72 Å². The van der Waals surface area contributed by atoms with Gasteiger partial charge in [0.2, 0.25) is 10.0 Å². The standard InChI is InChI=1S/C6H16N2O2S/c1-3-4-11(9,10)8-6(2)5-7/h6,8H,3-5,7H2,1-2H3/t6-/m1/s1. The van der Waals surface area contributed by atoms with Gasteiger partial charge in [-0.2, -0.15) is 0 Å². The van der Waals surface area contributed by atoms with Gasteiger partial charge in [-0.25, -0.2) is 13.1 Å². The Morgan fingerprint density at radius 2 is 2.09 bits per heavy atom. The van der Waals surface area contributed by atoms with Crippen LogP contribution in [0, 0.1) is 0 Å². The van der Waals surface area contributed by atoms with Crippen LogP contribution in [-0.2, 0) is 10.0 Å². The lowest BCUT2D eigenvalue weighted by molar-refractivity contribution is 0.561. The van der Waals surface area contributed by atoms with Crippen LogP contribution in [0.1, 0.15) is 20.3 Å². The molecule has 0 aromatic carbocycles. The van der Waals surface area contributed by atoms with E-state index in [1.54, 1.807) is 6.92 Å². The van der Waals surface area contributed by atoms with E-state index in [0.717, 1.165) is 0 Å². The molecule has 68 valence electrons. The van der Waals surface area contributed by atoms with Crippen molar-refractivity contribution in [3.05, 3.63) is 0 Å². The van der Waals surface area contributed by atoms with Crippen molar-refractivity contribution in [2.24, 2.45) is 5.73 Å². The minimum atomic E-state index is -3.07. The molecule has 0 aliphatic rings. The molecule has 0 amide bonds. The highest BCUT2D eigenvalue weighted by Gasteiger charge is 2.10. The largest absolute Gasteiger partial charge is 0.329 e. The van der Waals surface area contributed by atoms with E-state index >= 15 is 0 Å². The van der Waals surface area contributed by atoms with E-state index in [1.165, 1.54) is 0 Å². The topological polar surface area (TPSA) is 72.2 Å². The molecule has 0 saturated carbocycles. The number of hydrogen-bond donors (Lipinski definition) is 2. The van der Waals surface area contributed by atoms with Crippen molar-refractivity contribution in [2.75, 3.05) is 12.3 Å². The van der Waals surface area contributed by atoms with Crippen LogP contribution in [0.2, 0.25) is 0 Å². The molecular formula is C6H16N2O2S. The molecule has 0 unspecified atom stereocenters. The lowest BCUT2D eigenvalue weighted by Gasteiger charge is -2.10. The summed E-state index contributed by atoms with van der Waals surface area (Å²) in [7, 11) is -3.07. The van der Waals surface area contributed by atoms with Crippen LogP contribution < -0.4 is 10.5 Å². The second kappa shape index (κ2) is 4.69.